The van der Waals surface area contributed by atoms with Gasteiger partial charge in [0.15, 0.2) is 20.8 Å². The van der Waals surface area contributed by atoms with Crippen LogP contribution in [0.15, 0.2) is 54.1 Å². The summed E-state index contributed by atoms with van der Waals surface area (Å²) in [6.45, 7) is 3.75. The molecule has 8 nitrogen and oxygen atoms in total. The summed E-state index contributed by atoms with van der Waals surface area (Å²) >= 11 is 1.47. The van der Waals surface area contributed by atoms with Crippen molar-refractivity contribution >= 4 is 32.1 Å². The molecule has 0 aliphatic rings. The molecular formula is C19H18N6O2S2. The van der Waals surface area contributed by atoms with E-state index in [0.29, 0.717) is 22.5 Å². The van der Waals surface area contributed by atoms with E-state index in [1.54, 1.807) is 47.7 Å². The molecule has 0 amide bonds. The average Bonchev–Trinajstić information content (AvgIpc) is 3.26. The monoisotopic (exact) mass is 426 g/mol. The van der Waals surface area contributed by atoms with Crippen molar-refractivity contribution in [2.75, 3.05) is 11.6 Å². The van der Waals surface area contributed by atoms with E-state index in [-0.39, 0.29) is 4.90 Å². The van der Waals surface area contributed by atoms with Gasteiger partial charge in [0.05, 0.1) is 27.4 Å². The lowest BCUT2D eigenvalue weighted by atomic mass is 10.1. The quantitative estimate of drug-likeness (QED) is 0.520. The molecule has 0 radical (unpaired) electrons. The fraction of sp³-hybridized carbons (Fsp3) is 0.158. The summed E-state index contributed by atoms with van der Waals surface area (Å²) in [5.74, 6) is 1.31. The second-order valence-electron chi connectivity index (χ2n) is 6.45. The van der Waals surface area contributed by atoms with Gasteiger partial charge in [0.2, 0.25) is 0 Å². The molecule has 3 heterocycles. The number of aromatic nitrogens is 5. The highest BCUT2D eigenvalue weighted by atomic mass is 32.2. The second-order valence-corrected chi connectivity index (χ2v) is 9.43. The molecule has 0 atom stereocenters. The Bertz CT molecular complexity index is 1280. The van der Waals surface area contributed by atoms with Gasteiger partial charge >= 0.3 is 0 Å². The van der Waals surface area contributed by atoms with Crippen molar-refractivity contribution < 1.29 is 8.42 Å². The first-order valence-electron chi connectivity index (χ1n) is 8.68. The topological polar surface area (TPSA) is 103 Å². The standard InChI is InChI=1S/C19H18N6O2S2/c1-12-18(28-19(23-12)24-17-11-20-6-7-22-17)14-4-5-16(29(3,26)27)15(10-14)25-9-8-21-13(25)2/h4-11H,1-3H3,(H,22,23,24). The number of nitrogens with one attached hydrogen (secondary N) is 1. The first-order chi connectivity index (χ1) is 13.8. The predicted molar refractivity (Wildman–Crippen MR) is 113 cm³/mol. The molecule has 3 aromatic heterocycles. The third kappa shape index (κ3) is 3.89. The predicted octanol–water partition coefficient (Wildman–Crippen LogP) is 3.55. The van der Waals surface area contributed by atoms with Crippen LogP contribution in [-0.4, -0.2) is 39.2 Å². The fourth-order valence-corrected chi connectivity index (χ4v) is 4.81. The minimum Gasteiger partial charge on any atom is -0.315 e. The molecule has 0 saturated heterocycles. The van der Waals surface area contributed by atoms with E-state index in [4.69, 9.17) is 0 Å². The lowest BCUT2D eigenvalue weighted by molar-refractivity contribution is 0.601. The van der Waals surface area contributed by atoms with Crippen LogP contribution in [0.2, 0.25) is 0 Å². The smallest absolute Gasteiger partial charge is 0.189 e. The number of anilines is 2. The Morgan fingerprint density at radius 2 is 1.93 bits per heavy atom. The van der Waals surface area contributed by atoms with E-state index in [1.165, 1.54) is 17.6 Å². The summed E-state index contributed by atoms with van der Waals surface area (Å²) in [7, 11) is -3.41. The number of sulfone groups is 1. The van der Waals surface area contributed by atoms with Crippen molar-refractivity contribution in [1.82, 2.24) is 24.5 Å². The number of imidazole rings is 1. The molecule has 10 heteroatoms. The lowest BCUT2D eigenvalue weighted by Gasteiger charge is -2.12. The van der Waals surface area contributed by atoms with Crippen LogP contribution in [0.3, 0.4) is 0 Å². The largest absolute Gasteiger partial charge is 0.315 e. The Labute approximate surface area is 172 Å². The highest BCUT2D eigenvalue weighted by Crippen LogP contribution is 2.36. The maximum atomic E-state index is 12.3. The molecular weight excluding hydrogens is 408 g/mol. The van der Waals surface area contributed by atoms with Gasteiger partial charge < -0.3 is 9.88 Å². The van der Waals surface area contributed by atoms with Crippen LogP contribution >= 0.6 is 11.3 Å². The van der Waals surface area contributed by atoms with E-state index >= 15 is 0 Å². The molecule has 1 N–H and O–H groups in total. The maximum Gasteiger partial charge on any atom is 0.189 e. The van der Waals surface area contributed by atoms with E-state index in [9.17, 15) is 8.42 Å². The minimum atomic E-state index is -3.41. The van der Waals surface area contributed by atoms with E-state index in [0.717, 1.165) is 16.1 Å². The second kappa shape index (κ2) is 7.37. The molecule has 4 aromatic rings. The van der Waals surface area contributed by atoms with Gasteiger partial charge in [0.25, 0.3) is 0 Å². The van der Waals surface area contributed by atoms with Crippen LogP contribution in [0.4, 0.5) is 10.9 Å². The number of benzene rings is 1. The molecule has 29 heavy (non-hydrogen) atoms. The van der Waals surface area contributed by atoms with Gasteiger partial charge in [-0.2, -0.15) is 0 Å². The number of hydrogen-bond donors (Lipinski definition) is 1. The zero-order chi connectivity index (χ0) is 20.6. The molecule has 0 aliphatic carbocycles. The van der Waals surface area contributed by atoms with Crippen molar-refractivity contribution in [2.45, 2.75) is 18.7 Å². The number of aryl methyl sites for hydroxylation is 2. The molecule has 4 rings (SSSR count). The Hall–Kier alpha value is -3.11. The van der Waals surface area contributed by atoms with E-state index in [1.807, 2.05) is 19.9 Å². The van der Waals surface area contributed by atoms with Gasteiger partial charge in [0.1, 0.15) is 5.82 Å². The molecule has 0 fully saturated rings. The van der Waals surface area contributed by atoms with Crippen molar-refractivity contribution in [3.05, 3.63) is 60.7 Å². The van der Waals surface area contributed by atoms with Crippen LogP contribution in [-0.2, 0) is 9.84 Å². The summed E-state index contributed by atoms with van der Waals surface area (Å²) in [6.07, 6.45) is 9.44. The Balaban J connectivity index is 1.79. The SMILES string of the molecule is Cc1nc(Nc2cnccn2)sc1-c1ccc(S(C)(=O)=O)c(-n2ccnc2C)c1. The highest BCUT2D eigenvalue weighted by Gasteiger charge is 2.19. The van der Waals surface area contributed by atoms with Crippen molar-refractivity contribution in [3.63, 3.8) is 0 Å². The fourth-order valence-electron chi connectivity index (χ4n) is 2.98. The van der Waals surface area contributed by atoms with Crippen LogP contribution in [0.25, 0.3) is 16.1 Å². The van der Waals surface area contributed by atoms with Gasteiger partial charge in [-0.1, -0.05) is 17.4 Å². The van der Waals surface area contributed by atoms with Gasteiger partial charge in [-0.05, 0) is 31.5 Å². The lowest BCUT2D eigenvalue weighted by Crippen LogP contribution is -2.06. The normalized spacial score (nSPS) is 11.6. The van der Waals surface area contributed by atoms with Crippen molar-refractivity contribution in [1.29, 1.82) is 0 Å². The zero-order valence-electron chi connectivity index (χ0n) is 16.0. The number of nitrogens with zero attached hydrogens (tertiary/aromatic N) is 5. The molecule has 0 saturated carbocycles. The highest BCUT2D eigenvalue weighted by molar-refractivity contribution is 7.90. The molecule has 148 valence electrons. The van der Waals surface area contributed by atoms with Crippen LogP contribution in [0.1, 0.15) is 11.5 Å². The molecule has 0 spiro atoms. The number of rotatable bonds is 5. The number of thiazole rings is 1. The molecule has 0 bridgehead atoms. The van der Waals surface area contributed by atoms with Crippen molar-refractivity contribution in [2.24, 2.45) is 0 Å². The Kier molecular flexibility index (Phi) is 4.89. The van der Waals surface area contributed by atoms with E-state index < -0.39 is 9.84 Å². The average molecular weight is 427 g/mol. The Morgan fingerprint density at radius 3 is 2.59 bits per heavy atom. The molecule has 0 aliphatic heterocycles. The van der Waals surface area contributed by atoms with E-state index in [2.05, 4.69) is 25.3 Å². The van der Waals surface area contributed by atoms with Gasteiger partial charge in [-0.25, -0.2) is 23.4 Å². The maximum absolute atomic E-state index is 12.3. The van der Waals surface area contributed by atoms with Crippen LogP contribution in [0, 0.1) is 13.8 Å². The van der Waals surface area contributed by atoms with Crippen LogP contribution < -0.4 is 5.32 Å². The van der Waals surface area contributed by atoms with Crippen LogP contribution in [0.5, 0.6) is 0 Å². The molecule has 1 aromatic carbocycles. The first-order valence-corrected chi connectivity index (χ1v) is 11.4. The van der Waals surface area contributed by atoms with Crippen molar-refractivity contribution in [3.8, 4) is 16.1 Å². The molecule has 0 unspecified atom stereocenters. The van der Waals surface area contributed by atoms with Gasteiger partial charge in [0, 0.05) is 31.0 Å². The third-order valence-electron chi connectivity index (χ3n) is 4.30. The first kappa shape index (κ1) is 19.2. The van der Waals surface area contributed by atoms with Gasteiger partial charge in [-0.15, -0.1) is 0 Å². The summed E-state index contributed by atoms with van der Waals surface area (Å²) in [5.41, 5.74) is 2.28. The summed E-state index contributed by atoms with van der Waals surface area (Å²) in [6, 6.07) is 5.30. The zero-order valence-corrected chi connectivity index (χ0v) is 17.6. The summed E-state index contributed by atoms with van der Waals surface area (Å²) < 4.78 is 26.4. The van der Waals surface area contributed by atoms with Gasteiger partial charge in [-0.3, -0.25) is 4.98 Å². The summed E-state index contributed by atoms with van der Waals surface area (Å²) in [4.78, 5) is 18.2. The Morgan fingerprint density at radius 1 is 1.10 bits per heavy atom. The minimum absolute atomic E-state index is 0.252. The third-order valence-corrected chi connectivity index (χ3v) is 6.57. The number of hydrogen-bond acceptors (Lipinski definition) is 8. The summed E-state index contributed by atoms with van der Waals surface area (Å²) in [5, 5.41) is 3.83.